The highest BCUT2D eigenvalue weighted by Gasteiger charge is 2.56. The number of hydrogen-bond acceptors (Lipinski definition) is 7. The Morgan fingerprint density at radius 1 is 1.08 bits per heavy atom. The zero-order chi connectivity index (χ0) is 34.8. The number of benzene rings is 2. The Hall–Kier alpha value is -4.55. The van der Waals surface area contributed by atoms with Crippen LogP contribution >= 0.6 is 0 Å². The van der Waals surface area contributed by atoms with Gasteiger partial charge in [-0.1, -0.05) is 18.2 Å². The van der Waals surface area contributed by atoms with E-state index in [1.807, 2.05) is 19.1 Å². The van der Waals surface area contributed by atoms with Crippen molar-refractivity contribution in [2.45, 2.75) is 71.2 Å². The largest absolute Gasteiger partial charge is 0.466 e. The van der Waals surface area contributed by atoms with E-state index in [4.69, 9.17) is 9.47 Å². The second-order valence-corrected chi connectivity index (χ2v) is 13.4. The molecule has 5 rings (SSSR count). The summed E-state index contributed by atoms with van der Waals surface area (Å²) in [7, 11) is 0. The van der Waals surface area contributed by atoms with E-state index in [1.54, 1.807) is 38.5 Å². The van der Waals surface area contributed by atoms with Crippen molar-refractivity contribution in [2.75, 3.05) is 43.0 Å². The van der Waals surface area contributed by atoms with Crippen LogP contribution in [0.15, 0.2) is 48.8 Å². The van der Waals surface area contributed by atoms with Crippen molar-refractivity contribution in [1.82, 2.24) is 14.5 Å². The summed E-state index contributed by atoms with van der Waals surface area (Å²) in [6.45, 7) is 9.61. The monoisotopic (exact) mass is 669 g/mol. The molecular formula is C35H42F3N5O5. The zero-order valence-corrected chi connectivity index (χ0v) is 27.9. The number of likely N-dealkylation sites (tertiary alicyclic amines) is 1. The molecule has 2 aliphatic heterocycles. The van der Waals surface area contributed by atoms with Gasteiger partial charge in [-0.2, -0.15) is 0 Å². The van der Waals surface area contributed by atoms with Crippen LogP contribution in [0.25, 0.3) is 0 Å². The number of imidazole rings is 1. The SMILES string of the molecule is CCOC(=O)C1CCN(c2cc(C)ccc2Cn2ccnc2NC(=O)[C@]2(F)CN(C(=O)OC(C)(C)C)C[C@H]2c2ccc(F)cc2F)CC1. The van der Waals surface area contributed by atoms with E-state index in [2.05, 4.69) is 21.3 Å². The summed E-state index contributed by atoms with van der Waals surface area (Å²) in [5.41, 5.74) is -0.990. The van der Waals surface area contributed by atoms with Crippen molar-refractivity contribution in [2.24, 2.45) is 5.92 Å². The molecule has 3 heterocycles. The third kappa shape index (κ3) is 7.60. The van der Waals surface area contributed by atoms with Crippen LogP contribution < -0.4 is 10.2 Å². The van der Waals surface area contributed by atoms with E-state index in [1.165, 1.54) is 6.20 Å². The van der Waals surface area contributed by atoms with Crippen molar-refractivity contribution in [3.05, 3.63) is 77.1 Å². The Bertz CT molecular complexity index is 1670. The Morgan fingerprint density at radius 2 is 1.81 bits per heavy atom. The molecule has 2 saturated heterocycles. The lowest BCUT2D eigenvalue weighted by molar-refractivity contribution is -0.148. The van der Waals surface area contributed by atoms with Gasteiger partial charge in [0.25, 0.3) is 5.91 Å². The summed E-state index contributed by atoms with van der Waals surface area (Å²) in [5.74, 6) is -4.72. The molecule has 0 spiro atoms. The average molecular weight is 670 g/mol. The smallest absolute Gasteiger partial charge is 0.410 e. The quantitative estimate of drug-likeness (QED) is 0.294. The predicted molar refractivity (Wildman–Crippen MR) is 173 cm³/mol. The minimum Gasteiger partial charge on any atom is -0.466 e. The van der Waals surface area contributed by atoms with Gasteiger partial charge in [0.1, 0.15) is 17.2 Å². The number of aromatic nitrogens is 2. The van der Waals surface area contributed by atoms with Crippen molar-refractivity contribution >= 4 is 29.6 Å². The number of carbonyl (C=O) groups is 3. The highest BCUT2D eigenvalue weighted by molar-refractivity contribution is 5.98. The molecule has 1 N–H and O–H groups in total. The maximum absolute atomic E-state index is 17.0. The third-order valence-corrected chi connectivity index (χ3v) is 8.72. The lowest BCUT2D eigenvalue weighted by atomic mass is 9.85. The van der Waals surface area contributed by atoms with Crippen LogP contribution in [0.4, 0.5) is 29.6 Å². The highest BCUT2D eigenvalue weighted by Crippen LogP contribution is 2.42. The molecule has 1 aromatic heterocycles. The second-order valence-electron chi connectivity index (χ2n) is 13.4. The van der Waals surface area contributed by atoms with Crippen molar-refractivity contribution in [3.63, 3.8) is 0 Å². The highest BCUT2D eigenvalue weighted by atomic mass is 19.1. The molecule has 3 aromatic rings. The number of hydrogen-bond donors (Lipinski definition) is 1. The first-order valence-electron chi connectivity index (χ1n) is 16.1. The van der Waals surface area contributed by atoms with Gasteiger partial charge in [0, 0.05) is 49.7 Å². The number of esters is 1. The Balaban J connectivity index is 1.37. The topological polar surface area (TPSA) is 106 Å². The van der Waals surface area contributed by atoms with Gasteiger partial charge in [-0.25, -0.2) is 22.9 Å². The van der Waals surface area contributed by atoms with Gasteiger partial charge in [-0.15, -0.1) is 0 Å². The summed E-state index contributed by atoms with van der Waals surface area (Å²) in [5, 5.41) is 2.57. The molecule has 2 aromatic carbocycles. The molecule has 2 fully saturated rings. The van der Waals surface area contributed by atoms with E-state index >= 15 is 4.39 Å². The van der Waals surface area contributed by atoms with Crippen LogP contribution in [0.2, 0.25) is 0 Å². The van der Waals surface area contributed by atoms with E-state index in [0.717, 1.165) is 33.8 Å². The minimum atomic E-state index is -2.80. The van der Waals surface area contributed by atoms with Gasteiger partial charge in [0.2, 0.25) is 11.6 Å². The summed E-state index contributed by atoms with van der Waals surface area (Å²) in [6, 6.07) is 8.71. The number of ether oxygens (including phenoxy) is 2. The average Bonchev–Trinajstić information content (AvgIpc) is 3.61. The van der Waals surface area contributed by atoms with Crippen molar-refractivity contribution in [1.29, 1.82) is 0 Å². The normalized spacial score (nSPS) is 20.1. The molecule has 2 aliphatic rings. The maximum atomic E-state index is 17.0. The summed E-state index contributed by atoms with van der Waals surface area (Å²) < 4.78 is 58.1. The number of nitrogens with one attached hydrogen (secondary N) is 1. The number of rotatable bonds is 8. The molecule has 0 saturated carbocycles. The van der Waals surface area contributed by atoms with Crippen LogP contribution in [0.1, 0.15) is 63.1 Å². The third-order valence-electron chi connectivity index (χ3n) is 8.72. The van der Waals surface area contributed by atoms with Crippen molar-refractivity contribution in [3.8, 4) is 0 Å². The first-order chi connectivity index (χ1) is 22.7. The van der Waals surface area contributed by atoms with Crippen LogP contribution in [0.3, 0.4) is 0 Å². The summed E-state index contributed by atoms with van der Waals surface area (Å²) in [4.78, 5) is 46.5. The number of piperidine rings is 1. The van der Waals surface area contributed by atoms with Crippen LogP contribution in [0.5, 0.6) is 0 Å². The van der Waals surface area contributed by atoms with E-state index in [-0.39, 0.29) is 36.5 Å². The molecule has 13 heteroatoms. The standard InChI is InChI=1S/C35H42F3N5O5/c1-6-47-30(44)23-11-14-41(15-12-23)29-17-22(2)7-8-24(29)19-42-16-13-39-32(42)40-31(45)35(38)21-43(33(46)48-34(3,4)5)20-27(35)26-10-9-25(36)18-28(26)37/h7-10,13,16-18,23,27H,6,11-12,14-15,19-21H2,1-5H3,(H,39,40,45)/t27-,35-/m0/s1. The van der Waals surface area contributed by atoms with Gasteiger partial charge >= 0.3 is 12.1 Å². The lowest BCUT2D eigenvalue weighted by Crippen LogP contribution is -2.46. The number of amides is 2. The second kappa shape index (κ2) is 13.9. The van der Waals surface area contributed by atoms with Crippen LogP contribution in [0, 0.1) is 24.5 Å². The lowest BCUT2D eigenvalue weighted by Gasteiger charge is -2.34. The molecular weight excluding hydrogens is 627 g/mol. The molecule has 2 amide bonds. The molecule has 48 heavy (non-hydrogen) atoms. The fourth-order valence-electron chi connectivity index (χ4n) is 6.31. The van der Waals surface area contributed by atoms with Gasteiger partial charge in [0.15, 0.2) is 0 Å². The molecule has 0 bridgehead atoms. The van der Waals surface area contributed by atoms with E-state index in [0.29, 0.717) is 38.6 Å². The van der Waals surface area contributed by atoms with Gasteiger partial charge in [0.05, 0.1) is 25.6 Å². The predicted octanol–water partition coefficient (Wildman–Crippen LogP) is 5.98. The maximum Gasteiger partial charge on any atom is 0.410 e. The number of anilines is 2. The number of carbonyl (C=O) groups excluding carboxylic acids is 3. The van der Waals surface area contributed by atoms with Gasteiger partial charge in [-0.05, 0) is 76.3 Å². The molecule has 0 aliphatic carbocycles. The fourth-order valence-corrected chi connectivity index (χ4v) is 6.31. The van der Waals surface area contributed by atoms with E-state index < -0.39 is 47.4 Å². The number of alkyl halides is 1. The van der Waals surface area contributed by atoms with Crippen LogP contribution in [-0.2, 0) is 25.6 Å². The van der Waals surface area contributed by atoms with Crippen molar-refractivity contribution < 1.29 is 37.0 Å². The Kier molecular flexibility index (Phi) is 10.1. The molecule has 0 unspecified atom stereocenters. The number of nitrogens with zero attached hydrogens (tertiary/aromatic N) is 4. The fraction of sp³-hybridized carbons (Fsp3) is 0.486. The van der Waals surface area contributed by atoms with E-state index in [9.17, 15) is 23.2 Å². The number of halogens is 3. The molecule has 258 valence electrons. The number of aryl methyl sites for hydroxylation is 1. The molecule has 10 nitrogen and oxygen atoms in total. The summed E-state index contributed by atoms with van der Waals surface area (Å²) >= 11 is 0. The molecule has 0 radical (unpaired) electrons. The first kappa shape index (κ1) is 34.8. The summed E-state index contributed by atoms with van der Waals surface area (Å²) in [6.07, 6.45) is 3.58. The zero-order valence-electron chi connectivity index (χ0n) is 27.9. The van der Waals surface area contributed by atoms with Gasteiger partial charge in [-0.3, -0.25) is 14.9 Å². The van der Waals surface area contributed by atoms with Crippen LogP contribution in [-0.4, -0.2) is 76.5 Å². The minimum absolute atomic E-state index is 0.0543. The Labute approximate surface area is 278 Å². The Morgan fingerprint density at radius 3 is 2.48 bits per heavy atom. The van der Waals surface area contributed by atoms with Gasteiger partial charge < -0.3 is 23.8 Å². The first-order valence-corrected chi connectivity index (χ1v) is 16.1. The molecule has 2 atom stereocenters.